The lowest BCUT2D eigenvalue weighted by molar-refractivity contribution is -0.127. The number of nitrogens with one attached hydrogen (secondary N) is 1. The third kappa shape index (κ3) is 4.25. The Hall–Kier alpha value is -3.54. The number of anilines is 1. The number of hydrogen-bond acceptors (Lipinski definition) is 4. The molecule has 2 aliphatic rings. The minimum atomic E-state index is -0.0454. The third-order valence-electron chi connectivity index (χ3n) is 7.10. The summed E-state index contributed by atoms with van der Waals surface area (Å²) < 4.78 is 2.14. The van der Waals surface area contributed by atoms with Gasteiger partial charge in [0.2, 0.25) is 5.91 Å². The van der Waals surface area contributed by atoms with Crippen LogP contribution in [-0.2, 0) is 9.59 Å². The molecule has 6 nitrogen and oxygen atoms in total. The molecule has 6 heteroatoms. The van der Waals surface area contributed by atoms with Gasteiger partial charge in [-0.15, -0.1) is 0 Å². The summed E-state index contributed by atoms with van der Waals surface area (Å²) in [5, 5.41) is 2.97. The largest absolute Gasteiger partial charge is 0.326 e. The smallest absolute Gasteiger partial charge is 0.227 e. The molecule has 1 aliphatic carbocycles. The summed E-state index contributed by atoms with van der Waals surface area (Å²) in [6, 6.07) is 13.9. The van der Waals surface area contributed by atoms with E-state index in [0.29, 0.717) is 6.42 Å². The maximum absolute atomic E-state index is 13.4. The van der Waals surface area contributed by atoms with Crippen molar-refractivity contribution in [3.05, 3.63) is 78.6 Å². The van der Waals surface area contributed by atoms with Crippen LogP contribution in [0.1, 0.15) is 56.3 Å². The zero-order valence-electron chi connectivity index (χ0n) is 18.8. The summed E-state index contributed by atoms with van der Waals surface area (Å²) >= 11 is 0. The van der Waals surface area contributed by atoms with Crippen molar-refractivity contribution in [2.45, 2.75) is 45.1 Å². The van der Waals surface area contributed by atoms with Gasteiger partial charge in [0, 0.05) is 36.3 Å². The van der Waals surface area contributed by atoms with Gasteiger partial charge in [0.1, 0.15) is 5.78 Å². The van der Waals surface area contributed by atoms with E-state index in [1.54, 1.807) is 24.5 Å². The van der Waals surface area contributed by atoms with Crippen LogP contribution in [0.5, 0.6) is 0 Å². The summed E-state index contributed by atoms with van der Waals surface area (Å²) in [5.41, 5.74) is 5.41. The Kier molecular flexibility index (Phi) is 5.90. The molecule has 3 heterocycles. The number of carbonyl (C=O) groups excluding carboxylic acids is 2. The fourth-order valence-corrected chi connectivity index (χ4v) is 5.31. The van der Waals surface area contributed by atoms with Crippen LogP contribution in [0.4, 0.5) is 5.69 Å². The van der Waals surface area contributed by atoms with Gasteiger partial charge in [-0.25, -0.2) is 4.98 Å². The molecular formula is C27H28N4O2. The highest BCUT2D eigenvalue weighted by atomic mass is 16.2. The Bertz CT molecular complexity index is 1180. The summed E-state index contributed by atoms with van der Waals surface area (Å²) in [6.07, 6.45) is 10.5. The van der Waals surface area contributed by atoms with Gasteiger partial charge in [0.15, 0.2) is 0 Å². The molecule has 1 N–H and O–H groups in total. The quantitative estimate of drug-likeness (QED) is 0.574. The average molecular weight is 441 g/mol. The van der Waals surface area contributed by atoms with Crippen LogP contribution in [0, 0.1) is 11.8 Å². The van der Waals surface area contributed by atoms with E-state index in [2.05, 4.69) is 38.9 Å². The summed E-state index contributed by atoms with van der Waals surface area (Å²) in [4.78, 5) is 34.3. The van der Waals surface area contributed by atoms with E-state index in [1.165, 1.54) is 11.1 Å². The molecule has 2 aromatic heterocycles. The van der Waals surface area contributed by atoms with Crippen molar-refractivity contribution in [2.75, 3.05) is 5.32 Å². The highest BCUT2D eigenvalue weighted by molar-refractivity contribution is 5.96. The van der Waals surface area contributed by atoms with Crippen LogP contribution in [0.3, 0.4) is 0 Å². The fraction of sp³-hybridized carbons (Fsp3) is 0.333. The Morgan fingerprint density at radius 2 is 1.67 bits per heavy atom. The molecule has 1 aliphatic heterocycles. The molecule has 33 heavy (non-hydrogen) atoms. The molecule has 168 valence electrons. The summed E-state index contributed by atoms with van der Waals surface area (Å²) in [6.45, 7) is 2.12. The van der Waals surface area contributed by atoms with E-state index >= 15 is 0 Å². The van der Waals surface area contributed by atoms with E-state index in [-0.39, 0.29) is 29.6 Å². The third-order valence-corrected chi connectivity index (χ3v) is 7.10. The molecule has 1 fully saturated rings. The van der Waals surface area contributed by atoms with Gasteiger partial charge in [0.25, 0.3) is 0 Å². The predicted molar refractivity (Wildman–Crippen MR) is 128 cm³/mol. The van der Waals surface area contributed by atoms with Crippen LogP contribution in [-0.4, -0.2) is 26.2 Å². The van der Waals surface area contributed by atoms with Crippen molar-refractivity contribution < 1.29 is 9.59 Å². The van der Waals surface area contributed by atoms with Gasteiger partial charge in [-0.3, -0.25) is 14.6 Å². The number of pyridine rings is 1. The number of allylic oxidation sites excluding steroid dienone is 2. The molecule has 1 aromatic carbocycles. The van der Waals surface area contributed by atoms with E-state index in [1.807, 2.05) is 30.7 Å². The SMILES string of the molecule is CC1=C(c2ccccc2)C(CC(=O)C2CCC(C(=O)Nc3ccncc3)CC2)n2cncc21. The van der Waals surface area contributed by atoms with Crippen molar-refractivity contribution >= 4 is 28.5 Å². The molecule has 0 bridgehead atoms. The minimum Gasteiger partial charge on any atom is -0.326 e. The Morgan fingerprint density at radius 1 is 0.970 bits per heavy atom. The van der Waals surface area contributed by atoms with E-state index in [4.69, 9.17) is 0 Å². The second-order valence-electron chi connectivity index (χ2n) is 9.05. The van der Waals surface area contributed by atoms with Crippen molar-refractivity contribution in [2.24, 2.45) is 11.8 Å². The maximum Gasteiger partial charge on any atom is 0.227 e. The number of imidazole rings is 1. The number of Topliss-reactive ketones (excluding diaryl/α,β-unsaturated/α-hetero) is 1. The van der Waals surface area contributed by atoms with Gasteiger partial charge in [-0.1, -0.05) is 30.3 Å². The fourth-order valence-electron chi connectivity index (χ4n) is 5.31. The Balaban J connectivity index is 1.24. The number of ketones is 1. The van der Waals surface area contributed by atoms with Crippen LogP contribution in [0.15, 0.2) is 67.4 Å². The molecule has 1 amide bonds. The second-order valence-corrected chi connectivity index (χ2v) is 9.05. The van der Waals surface area contributed by atoms with Crippen molar-refractivity contribution in [1.82, 2.24) is 14.5 Å². The van der Waals surface area contributed by atoms with Crippen LogP contribution in [0.2, 0.25) is 0 Å². The van der Waals surface area contributed by atoms with E-state index in [9.17, 15) is 9.59 Å². The zero-order valence-corrected chi connectivity index (χ0v) is 18.8. The second kappa shape index (κ2) is 9.14. The average Bonchev–Trinajstić information content (AvgIpc) is 3.43. The molecule has 1 atom stereocenters. The van der Waals surface area contributed by atoms with Gasteiger partial charge in [-0.05, 0) is 61.4 Å². The number of aromatic nitrogens is 3. The lowest BCUT2D eigenvalue weighted by atomic mass is 9.78. The molecule has 1 unspecified atom stereocenters. The van der Waals surface area contributed by atoms with Crippen LogP contribution >= 0.6 is 0 Å². The first-order valence-corrected chi connectivity index (χ1v) is 11.6. The van der Waals surface area contributed by atoms with Crippen LogP contribution in [0.25, 0.3) is 11.1 Å². The number of carbonyl (C=O) groups is 2. The van der Waals surface area contributed by atoms with E-state index < -0.39 is 0 Å². The first kappa shape index (κ1) is 21.3. The maximum atomic E-state index is 13.4. The molecule has 0 saturated heterocycles. The lowest BCUT2D eigenvalue weighted by Crippen LogP contribution is -2.30. The summed E-state index contributed by atoms with van der Waals surface area (Å²) in [7, 11) is 0. The van der Waals surface area contributed by atoms with Crippen LogP contribution < -0.4 is 5.32 Å². The number of nitrogens with zero attached hydrogens (tertiary/aromatic N) is 3. The lowest BCUT2D eigenvalue weighted by Gasteiger charge is -2.28. The number of benzene rings is 1. The van der Waals surface area contributed by atoms with Crippen molar-refractivity contribution in [3.8, 4) is 0 Å². The Morgan fingerprint density at radius 3 is 2.39 bits per heavy atom. The number of rotatable bonds is 6. The predicted octanol–water partition coefficient (Wildman–Crippen LogP) is 5.17. The topological polar surface area (TPSA) is 76.9 Å². The van der Waals surface area contributed by atoms with Gasteiger partial charge in [0.05, 0.1) is 24.3 Å². The number of hydrogen-bond donors (Lipinski definition) is 1. The molecular weight excluding hydrogens is 412 g/mol. The van der Waals surface area contributed by atoms with Crippen molar-refractivity contribution in [1.29, 1.82) is 0 Å². The normalized spacial score (nSPS) is 22.2. The highest BCUT2D eigenvalue weighted by Crippen LogP contribution is 2.44. The Labute approximate surface area is 193 Å². The van der Waals surface area contributed by atoms with E-state index in [0.717, 1.165) is 42.6 Å². The summed E-state index contributed by atoms with van der Waals surface area (Å²) in [5.74, 6) is 0.294. The first-order valence-electron chi connectivity index (χ1n) is 11.6. The zero-order chi connectivity index (χ0) is 22.8. The molecule has 3 aromatic rings. The van der Waals surface area contributed by atoms with Crippen molar-refractivity contribution in [3.63, 3.8) is 0 Å². The molecule has 0 spiro atoms. The molecule has 0 radical (unpaired) electrons. The van der Waals surface area contributed by atoms with Gasteiger partial charge >= 0.3 is 0 Å². The standard InChI is InChI=1S/C27H28N4O2/c1-18-24-16-29-17-31(24)23(26(18)20-5-3-2-4-6-20)15-25(32)19-7-9-21(10-8-19)27(33)30-22-11-13-28-14-12-22/h2-6,11-14,16-17,19,21,23H,7-10,15H2,1H3,(H,28,30,33). The first-order chi connectivity index (χ1) is 16.1. The van der Waals surface area contributed by atoms with Gasteiger partial charge < -0.3 is 9.88 Å². The molecule has 1 saturated carbocycles. The number of fused-ring (bicyclic) bond motifs is 1. The monoisotopic (exact) mass is 440 g/mol. The number of amides is 1. The minimum absolute atomic E-state index is 0.0138. The van der Waals surface area contributed by atoms with Gasteiger partial charge in [-0.2, -0.15) is 0 Å². The highest BCUT2D eigenvalue weighted by Gasteiger charge is 2.35. The molecule has 5 rings (SSSR count).